The highest BCUT2D eigenvalue weighted by atomic mass is 32.2. The molecule has 0 aromatic heterocycles. The van der Waals surface area contributed by atoms with E-state index >= 15 is 0 Å². The number of carbonyl (C=O) groups excluding carboxylic acids is 1. The molecule has 0 radical (unpaired) electrons. The molecule has 1 heterocycles. The van der Waals surface area contributed by atoms with E-state index in [0.29, 0.717) is 44.0 Å². The van der Waals surface area contributed by atoms with Crippen molar-refractivity contribution in [3.8, 4) is 5.75 Å². The minimum atomic E-state index is -3.53. The van der Waals surface area contributed by atoms with E-state index in [9.17, 15) is 13.2 Å². The van der Waals surface area contributed by atoms with Crippen LogP contribution >= 0.6 is 0 Å². The fraction of sp³-hybridized carbons (Fsp3) is 0.350. The van der Waals surface area contributed by atoms with Gasteiger partial charge in [0.2, 0.25) is 10.0 Å². The predicted molar refractivity (Wildman–Crippen MR) is 101 cm³/mol. The molecular formula is C20H23NO5S. The average Bonchev–Trinajstić information content (AvgIpc) is 2.73. The van der Waals surface area contributed by atoms with Gasteiger partial charge in [-0.3, -0.25) is 4.79 Å². The quantitative estimate of drug-likeness (QED) is 0.681. The third kappa shape index (κ3) is 4.74. The van der Waals surface area contributed by atoms with Crippen molar-refractivity contribution < 1.29 is 22.7 Å². The molecule has 0 aliphatic carbocycles. The molecule has 3 rings (SSSR count). The highest BCUT2D eigenvalue weighted by Crippen LogP contribution is 2.20. The lowest BCUT2D eigenvalue weighted by atomic mass is 10.1. The number of carbonyl (C=O) groups is 1. The number of nitrogens with zero attached hydrogens (tertiary/aromatic N) is 1. The number of hydrogen-bond acceptors (Lipinski definition) is 5. The van der Waals surface area contributed by atoms with Crippen LogP contribution in [0.3, 0.4) is 0 Å². The number of rotatable bonds is 7. The average molecular weight is 389 g/mol. The van der Waals surface area contributed by atoms with Crippen LogP contribution in [0.15, 0.2) is 53.4 Å². The van der Waals surface area contributed by atoms with Crippen LogP contribution < -0.4 is 4.74 Å². The number of hydrogen-bond donors (Lipinski definition) is 0. The molecule has 0 bridgehead atoms. The molecule has 7 heteroatoms. The van der Waals surface area contributed by atoms with Gasteiger partial charge in [-0.1, -0.05) is 19.1 Å². The first-order valence-electron chi connectivity index (χ1n) is 8.93. The molecule has 6 nitrogen and oxygen atoms in total. The SMILES string of the molecule is CCC(=O)c1ccc(OCc2cccc(S(=O)(=O)N3CCOCC3)c2)cc1. The summed E-state index contributed by atoms with van der Waals surface area (Å²) in [5.74, 6) is 0.715. The summed E-state index contributed by atoms with van der Waals surface area (Å²) >= 11 is 0. The van der Waals surface area contributed by atoms with Crippen molar-refractivity contribution in [2.24, 2.45) is 0 Å². The summed E-state index contributed by atoms with van der Waals surface area (Å²) < 4.78 is 37.9. The summed E-state index contributed by atoms with van der Waals surface area (Å²) in [5, 5.41) is 0. The summed E-state index contributed by atoms with van der Waals surface area (Å²) in [4.78, 5) is 11.9. The Balaban J connectivity index is 1.68. The lowest BCUT2D eigenvalue weighted by Gasteiger charge is -2.26. The lowest BCUT2D eigenvalue weighted by molar-refractivity contribution is 0.0730. The van der Waals surface area contributed by atoms with Crippen LogP contribution in [0, 0.1) is 0 Å². The van der Waals surface area contributed by atoms with Crippen molar-refractivity contribution in [3.05, 3.63) is 59.7 Å². The van der Waals surface area contributed by atoms with Gasteiger partial charge in [-0.05, 0) is 42.0 Å². The Morgan fingerprint density at radius 1 is 1.11 bits per heavy atom. The van der Waals surface area contributed by atoms with Gasteiger partial charge in [0.25, 0.3) is 0 Å². The van der Waals surface area contributed by atoms with Gasteiger partial charge < -0.3 is 9.47 Å². The van der Waals surface area contributed by atoms with E-state index in [1.54, 1.807) is 42.5 Å². The Morgan fingerprint density at radius 2 is 1.81 bits per heavy atom. The number of morpholine rings is 1. The van der Waals surface area contributed by atoms with Crippen molar-refractivity contribution in [2.45, 2.75) is 24.8 Å². The molecule has 2 aromatic rings. The largest absolute Gasteiger partial charge is 0.489 e. The van der Waals surface area contributed by atoms with E-state index in [1.165, 1.54) is 4.31 Å². The Labute approximate surface area is 159 Å². The highest BCUT2D eigenvalue weighted by Gasteiger charge is 2.26. The third-order valence-corrected chi connectivity index (χ3v) is 6.30. The number of Topliss-reactive ketones (excluding diaryl/α,β-unsaturated/α-hetero) is 1. The van der Waals surface area contributed by atoms with Crippen molar-refractivity contribution in [3.63, 3.8) is 0 Å². The van der Waals surface area contributed by atoms with Crippen molar-refractivity contribution in [2.75, 3.05) is 26.3 Å². The van der Waals surface area contributed by atoms with Crippen LogP contribution in [0.1, 0.15) is 29.3 Å². The second-order valence-electron chi connectivity index (χ2n) is 6.25. The van der Waals surface area contributed by atoms with E-state index < -0.39 is 10.0 Å². The monoisotopic (exact) mass is 389 g/mol. The van der Waals surface area contributed by atoms with Crippen LogP contribution in [-0.2, 0) is 21.4 Å². The second-order valence-corrected chi connectivity index (χ2v) is 8.19. The highest BCUT2D eigenvalue weighted by molar-refractivity contribution is 7.89. The van der Waals surface area contributed by atoms with Crippen LogP contribution in [0.4, 0.5) is 0 Å². The normalized spacial score (nSPS) is 15.4. The summed E-state index contributed by atoms with van der Waals surface area (Å²) in [7, 11) is -3.53. The van der Waals surface area contributed by atoms with Gasteiger partial charge >= 0.3 is 0 Å². The zero-order chi connectivity index (χ0) is 19.3. The molecule has 27 heavy (non-hydrogen) atoms. The summed E-state index contributed by atoms with van der Waals surface area (Å²) in [6, 6.07) is 13.7. The van der Waals surface area contributed by atoms with E-state index in [-0.39, 0.29) is 17.3 Å². The third-order valence-electron chi connectivity index (χ3n) is 4.41. The van der Waals surface area contributed by atoms with Gasteiger partial charge in [-0.15, -0.1) is 0 Å². The second kappa shape index (κ2) is 8.65. The van der Waals surface area contributed by atoms with E-state index in [4.69, 9.17) is 9.47 Å². The molecule has 0 amide bonds. The van der Waals surface area contributed by atoms with Crippen LogP contribution in [0.5, 0.6) is 5.75 Å². The minimum Gasteiger partial charge on any atom is -0.489 e. The Kier molecular flexibility index (Phi) is 6.26. The van der Waals surface area contributed by atoms with Crippen LogP contribution in [-0.4, -0.2) is 44.8 Å². The van der Waals surface area contributed by atoms with Gasteiger partial charge in [0, 0.05) is 25.1 Å². The number of ketones is 1. The molecule has 0 spiro atoms. The maximum absolute atomic E-state index is 12.7. The molecule has 1 aliphatic heterocycles. The van der Waals surface area contributed by atoms with Crippen molar-refractivity contribution in [1.82, 2.24) is 4.31 Å². The summed E-state index contributed by atoms with van der Waals surface area (Å²) in [6.07, 6.45) is 0.463. The van der Waals surface area contributed by atoms with E-state index in [2.05, 4.69) is 0 Å². The van der Waals surface area contributed by atoms with Crippen LogP contribution in [0.2, 0.25) is 0 Å². The summed E-state index contributed by atoms with van der Waals surface area (Å²) in [5.41, 5.74) is 1.42. The van der Waals surface area contributed by atoms with Gasteiger partial charge in [0.1, 0.15) is 12.4 Å². The van der Waals surface area contributed by atoms with Gasteiger partial charge in [-0.25, -0.2) is 8.42 Å². The molecule has 144 valence electrons. The molecule has 2 aromatic carbocycles. The standard InChI is InChI=1S/C20H23NO5S/c1-2-20(22)17-6-8-18(9-7-17)26-15-16-4-3-5-19(14-16)27(23,24)21-10-12-25-13-11-21/h3-9,14H,2,10-13,15H2,1H3. The molecular weight excluding hydrogens is 366 g/mol. The van der Waals surface area contributed by atoms with Crippen molar-refractivity contribution in [1.29, 1.82) is 0 Å². The molecule has 0 unspecified atom stereocenters. The predicted octanol–water partition coefficient (Wildman–Crippen LogP) is 2.88. The number of ether oxygens (including phenoxy) is 2. The van der Waals surface area contributed by atoms with Crippen LogP contribution in [0.25, 0.3) is 0 Å². The van der Waals surface area contributed by atoms with Gasteiger partial charge in [0.05, 0.1) is 18.1 Å². The maximum Gasteiger partial charge on any atom is 0.243 e. The Hall–Kier alpha value is -2.22. The van der Waals surface area contributed by atoms with Gasteiger partial charge in [-0.2, -0.15) is 4.31 Å². The smallest absolute Gasteiger partial charge is 0.243 e. The number of sulfonamides is 1. The number of benzene rings is 2. The zero-order valence-corrected chi connectivity index (χ0v) is 16.1. The summed E-state index contributed by atoms with van der Waals surface area (Å²) in [6.45, 7) is 3.63. The van der Waals surface area contributed by atoms with E-state index in [1.807, 2.05) is 13.0 Å². The molecule has 1 aliphatic rings. The van der Waals surface area contributed by atoms with Crippen molar-refractivity contribution >= 4 is 15.8 Å². The molecule has 0 saturated carbocycles. The van der Waals surface area contributed by atoms with E-state index in [0.717, 1.165) is 5.56 Å². The minimum absolute atomic E-state index is 0.0857. The fourth-order valence-electron chi connectivity index (χ4n) is 2.84. The first-order valence-corrected chi connectivity index (χ1v) is 10.4. The first-order chi connectivity index (χ1) is 13.0. The van der Waals surface area contributed by atoms with Gasteiger partial charge in [0.15, 0.2) is 5.78 Å². The zero-order valence-electron chi connectivity index (χ0n) is 15.3. The molecule has 0 N–H and O–H groups in total. The Bertz CT molecular complexity index is 887. The fourth-order valence-corrected chi connectivity index (χ4v) is 4.32. The Morgan fingerprint density at radius 3 is 2.48 bits per heavy atom. The maximum atomic E-state index is 12.7. The molecule has 1 saturated heterocycles. The lowest BCUT2D eigenvalue weighted by Crippen LogP contribution is -2.40. The molecule has 1 fully saturated rings. The molecule has 0 atom stereocenters. The first kappa shape index (κ1) is 19.5. The topological polar surface area (TPSA) is 72.9 Å².